The summed E-state index contributed by atoms with van der Waals surface area (Å²) in [6, 6.07) is 8.06. The number of aryl methyl sites for hydroxylation is 1. The predicted octanol–water partition coefficient (Wildman–Crippen LogP) is 3.54. The van der Waals surface area contributed by atoms with Crippen molar-refractivity contribution in [2.45, 2.75) is 44.1 Å². The van der Waals surface area contributed by atoms with Gasteiger partial charge in [-0.2, -0.15) is 5.10 Å². The van der Waals surface area contributed by atoms with Crippen molar-refractivity contribution >= 4 is 16.9 Å². The molecule has 1 unspecified atom stereocenters. The average molecular weight is 349 g/mol. The molecule has 2 aliphatic rings. The second-order valence-electron chi connectivity index (χ2n) is 7.53. The number of piperidine rings is 1. The van der Waals surface area contributed by atoms with Crippen LogP contribution >= 0.6 is 0 Å². The van der Waals surface area contributed by atoms with E-state index in [0.29, 0.717) is 5.92 Å². The second kappa shape index (κ2) is 5.97. The summed E-state index contributed by atoms with van der Waals surface area (Å²) in [5, 5.41) is 4.57. The first kappa shape index (κ1) is 15.6. The van der Waals surface area contributed by atoms with Gasteiger partial charge in [0.2, 0.25) is 0 Å². The molecule has 6 nitrogen and oxygen atoms in total. The van der Waals surface area contributed by atoms with Crippen molar-refractivity contribution in [1.29, 1.82) is 0 Å². The lowest BCUT2D eigenvalue weighted by molar-refractivity contribution is 0.0600. The summed E-state index contributed by atoms with van der Waals surface area (Å²) in [5.74, 6) is 1.46. The van der Waals surface area contributed by atoms with Crippen molar-refractivity contribution < 1.29 is 4.79 Å². The van der Waals surface area contributed by atoms with Gasteiger partial charge in [0.25, 0.3) is 5.91 Å². The van der Waals surface area contributed by atoms with Crippen molar-refractivity contribution in [3.63, 3.8) is 0 Å². The Morgan fingerprint density at radius 3 is 2.85 bits per heavy atom. The number of hydrogen-bond donors (Lipinski definition) is 1. The molecule has 26 heavy (non-hydrogen) atoms. The maximum Gasteiger partial charge on any atom is 0.257 e. The van der Waals surface area contributed by atoms with Crippen LogP contribution in [0.4, 0.5) is 0 Å². The zero-order valence-corrected chi connectivity index (χ0v) is 15.0. The van der Waals surface area contributed by atoms with Gasteiger partial charge in [-0.05, 0) is 44.2 Å². The fourth-order valence-electron chi connectivity index (χ4n) is 4.07. The Balaban J connectivity index is 1.50. The highest BCUT2D eigenvalue weighted by molar-refractivity contribution is 5.95. The van der Waals surface area contributed by atoms with Crippen LogP contribution in [0.2, 0.25) is 0 Å². The number of imidazole rings is 1. The Morgan fingerprint density at radius 1 is 1.19 bits per heavy atom. The standard InChI is InChI=1S/C20H23N5O/c1-24-12-14(18(23-24)13-9-10-13)20(26)25-11-5-4-8-17(25)19-21-15-6-2-3-7-16(15)22-19/h2-3,6-7,12-13,17H,4-5,8-11H2,1H3,(H,21,22). The van der Waals surface area contributed by atoms with Gasteiger partial charge in [0.05, 0.1) is 28.3 Å². The van der Waals surface area contributed by atoms with Gasteiger partial charge in [-0.1, -0.05) is 12.1 Å². The van der Waals surface area contributed by atoms with Crippen molar-refractivity contribution in [2.24, 2.45) is 7.05 Å². The Bertz CT molecular complexity index is 935. The first-order chi connectivity index (χ1) is 12.7. The fraction of sp³-hybridized carbons (Fsp3) is 0.450. The molecule has 5 rings (SSSR count). The number of hydrogen-bond acceptors (Lipinski definition) is 3. The summed E-state index contributed by atoms with van der Waals surface area (Å²) in [6.45, 7) is 0.777. The molecular formula is C20H23N5O. The molecule has 6 heteroatoms. The maximum absolute atomic E-state index is 13.4. The number of carbonyl (C=O) groups excluding carboxylic acids is 1. The van der Waals surface area contributed by atoms with Crippen LogP contribution in [-0.4, -0.2) is 37.1 Å². The Labute approximate surface area is 152 Å². The number of aromatic amines is 1. The van der Waals surface area contributed by atoms with Gasteiger partial charge in [-0.15, -0.1) is 0 Å². The average Bonchev–Trinajstić information content (AvgIpc) is 3.30. The number of aromatic nitrogens is 4. The molecule has 0 spiro atoms. The quantitative estimate of drug-likeness (QED) is 0.786. The van der Waals surface area contributed by atoms with Crippen LogP contribution in [0.25, 0.3) is 11.0 Å². The molecular weight excluding hydrogens is 326 g/mol. The molecule has 1 aliphatic heterocycles. The second-order valence-corrected chi connectivity index (χ2v) is 7.53. The van der Waals surface area contributed by atoms with E-state index < -0.39 is 0 Å². The number of H-pyrrole nitrogens is 1. The number of fused-ring (bicyclic) bond motifs is 1. The summed E-state index contributed by atoms with van der Waals surface area (Å²) in [6.07, 6.45) is 7.29. The van der Waals surface area contributed by atoms with Crippen LogP contribution in [-0.2, 0) is 7.05 Å². The molecule has 1 amide bonds. The number of carbonyl (C=O) groups is 1. The highest BCUT2D eigenvalue weighted by Gasteiger charge is 2.36. The SMILES string of the molecule is Cn1cc(C(=O)N2CCCCC2c2nc3ccccc3[nH]2)c(C2CC2)n1. The highest BCUT2D eigenvalue weighted by Crippen LogP contribution is 2.41. The van der Waals surface area contributed by atoms with E-state index in [1.54, 1.807) is 4.68 Å². The molecule has 3 heterocycles. The first-order valence-corrected chi connectivity index (χ1v) is 9.50. The van der Waals surface area contributed by atoms with Crippen LogP contribution in [0.3, 0.4) is 0 Å². The normalized spacial score (nSPS) is 20.7. The maximum atomic E-state index is 13.4. The van der Waals surface area contributed by atoms with Crippen molar-refractivity contribution in [3.8, 4) is 0 Å². The first-order valence-electron chi connectivity index (χ1n) is 9.50. The summed E-state index contributed by atoms with van der Waals surface area (Å²) >= 11 is 0. The molecule has 1 saturated carbocycles. The molecule has 2 fully saturated rings. The number of nitrogens with zero attached hydrogens (tertiary/aromatic N) is 4. The Hall–Kier alpha value is -2.63. The van der Waals surface area contributed by atoms with E-state index in [9.17, 15) is 4.79 Å². The van der Waals surface area contributed by atoms with Crippen molar-refractivity contribution in [3.05, 3.63) is 47.5 Å². The molecule has 1 atom stereocenters. The van der Waals surface area contributed by atoms with E-state index in [4.69, 9.17) is 4.98 Å². The number of nitrogens with one attached hydrogen (secondary N) is 1. The van der Waals surface area contributed by atoms with E-state index in [-0.39, 0.29) is 11.9 Å². The number of para-hydroxylation sites is 2. The van der Waals surface area contributed by atoms with Crippen molar-refractivity contribution in [2.75, 3.05) is 6.54 Å². The smallest absolute Gasteiger partial charge is 0.257 e. The molecule has 1 saturated heterocycles. The van der Waals surface area contributed by atoms with E-state index in [1.807, 2.05) is 42.4 Å². The lowest BCUT2D eigenvalue weighted by Gasteiger charge is -2.34. The van der Waals surface area contributed by atoms with Gasteiger partial charge in [0.1, 0.15) is 5.82 Å². The van der Waals surface area contributed by atoms with Gasteiger partial charge >= 0.3 is 0 Å². The van der Waals surface area contributed by atoms with Gasteiger partial charge in [0, 0.05) is 25.7 Å². The highest BCUT2D eigenvalue weighted by atomic mass is 16.2. The summed E-state index contributed by atoms with van der Waals surface area (Å²) in [7, 11) is 1.90. The minimum Gasteiger partial charge on any atom is -0.340 e. The Kier molecular flexibility index (Phi) is 3.58. The van der Waals surface area contributed by atoms with E-state index >= 15 is 0 Å². The van der Waals surface area contributed by atoms with Crippen molar-refractivity contribution in [1.82, 2.24) is 24.6 Å². The number of likely N-dealkylation sites (tertiary alicyclic amines) is 1. The minimum absolute atomic E-state index is 0.0101. The molecule has 1 aliphatic carbocycles. The third-order valence-corrected chi connectivity index (χ3v) is 5.54. The van der Waals surface area contributed by atoms with Crippen LogP contribution in [0, 0.1) is 0 Å². The summed E-state index contributed by atoms with van der Waals surface area (Å²) in [5.41, 5.74) is 3.74. The van der Waals surface area contributed by atoms with E-state index in [1.165, 1.54) is 0 Å². The summed E-state index contributed by atoms with van der Waals surface area (Å²) < 4.78 is 1.78. The number of rotatable bonds is 3. The minimum atomic E-state index is 0.0101. The van der Waals surface area contributed by atoms with E-state index in [0.717, 1.165) is 66.8 Å². The largest absolute Gasteiger partial charge is 0.340 e. The summed E-state index contributed by atoms with van der Waals surface area (Å²) in [4.78, 5) is 23.6. The third kappa shape index (κ3) is 2.60. The van der Waals surface area contributed by atoms with Crippen LogP contribution in [0.5, 0.6) is 0 Å². The molecule has 2 aromatic heterocycles. The number of benzene rings is 1. The van der Waals surface area contributed by atoms with Gasteiger partial charge in [-0.25, -0.2) is 4.98 Å². The Morgan fingerprint density at radius 2 is 2.04 bits per heavy atom. The fourth-order valence-corrected chi connectivity index (χ4v) is 4.07. The third-order valence-electron chi connectivity index (χ3n) is 5.54. The molecule has 1 N–H and O–H groups in total. The van der Waals surface area contributed by atoms with Gasteiger partial charge in [-0.3, -0.25) is 9.48 Å². The molecule has 0 bridgehead atoms. The number of amides is 1. The van der Waals surface area contributed by atoms with Crippen LogP contribution in [0.1, 0.15) is 65.9 Å². The molecule has 134 valence electrons. The molecule has 1 aromatic carbocycles. The molecule has 3 aromatic rings. The molecule has 0 radical (unpaired) electrons. The lowest BCUT2D eigenvalue weighted by atomic mass is 10.00. The lowest BCUT2D eigenvalue weighted by Crippen LogP contribution is -2.39. The monoisotopic (exact) mass is 349 g/mol. The zero-order chi connectivity index (χ0) is 17.7. The van der Waals surface area contributed by atoms with Crippen LogP contribution in [0.15, 0.2) is 30.5 Å². The zero-order valence-electron chi connectivity index (χ0n) is 15.0. The predicted molar refractivity (Wildman–Crippen MR) is 98.9 cm³/mol. The topological polar surface area (TPSA) is 66.8 Å². The van der Waals surface area contributed by atoms with Gasteiger partial charge < -0.3 is 9.88 Å². The van der Waals surface area contributed by atoms with Gasteiger partial charge in [0.15, 0.2) is 0 Å². The van der Waals surface area contributed by atoms with Crippen LogP contribution < -0.4 is 0 Å². The van der Waals surface area contributed by atoms with E-state index in [2.05, 4.69) is 10.1 Å².